The van der Waals surface area contributed by atoms with Crippen molar-refractivity contribution < 1.29 is 4.79 Å². The zero-order valence-corrected chi connectivity index (χ0v) is 14.9. The number of piperidine rings is 1. The van der Waals surface area contributed by atoms with E-state index in [0.717, 1.165) is 55.8 Å². The summed E-state index contributed by atoms with van der Waals surface area (Å²) in [4.78, 5) is 25.7. The number of aryl methyl sites for hydroxylation is 1. The predicted octanol–water partition coefficient (Wildman–Crippen LogP) is 2.81. The number of imidazole rings is 1. The highest BCUT2D eigenvalue weighted by atomic mass is 16.2. The number of rotatable bonds is 3. The molecule has 1 aromatic carbocycles. The van der Waals surface area contributed by atoms with Crippen molar-refractivity contribution in [2.45, 2.75) is 57.0 Å². The molecule has 3 heterocycles. The largest absolute Gasteiger partial charge is 0.342 e. The SMILES string of the molecule is Cc1ccc2nc([C@H]3CCCN([C@H]4CCN(C5CC5)C4=O)C3)[nH]c2c1. The van der Waals surface area contributed by atoms with Crippen LogP contribution in [0.1, 0.15) is 49.4 Å². The quantitative estimate of drug-likeness (QED) is 0.936. The molecular weight excluding hydrogens is 312 g/mol. The number of hydrogen-bond acceptors (Lipinski definition) is 3. The van der Waals surface area contributed by atoms with E-state index in [4.69, 9.17) is 4.98 Å². The maximum absolute atomic E-state index is 12.8. The maximum atomic E-state index is 12.8. The van der Waals surface area contributed by atoms with E-state index in [1.807, 2.05) is 0 Å². The van der Waals surface area contributed by atoms with Gasteiger partial charge >= 0.3 is 0 Å². The fourth-order valence-corrected chi connectivity index (χ4v) is 4.62. The summed E-state index contributed by atoms with van der Waals surface area (Å²) >= 11 is 0. The summed E-state index contributed by atoms with van der Waals surface area (Å²) < 4.78 is 0. The molecule has 1 N–H and O–H groups in total. The van der Waals surface area contributed by atoms with Crippen molar-refractivity contribution in [3.05, 3.63) is 29.6 Å². The number of aromatic nitrogens is 2. The molecule has 0 radical (unpaired) electrons. The molecule has 0 bridgehead atoms. The van der Waals surface area contributed by atoms with Crippen LogP contribution in [0.4, 0.5) is 0 Å². The van der Waals surface area contributed by atoms with E-state index < -0.39 is 0 Å². The molecule has 5 heteroatoms. The van der Waals surface area contributed by atoms with Crippen LogP contribution in [0.5, 0.6) is 0 Å². The van der Waals surface area contributed by atoms with Crippen molar-refractivity contribution in [3.63, 3.8) is 0 Å². The standard InChI is InChI=1S/C20H26N4O/c1-13-4-7-16-17(11-13)22-19(21-16)14-3-2-9-23(12-14)18-8-10-24(20(18)25)15-5-6-15/h4,7,11,14-15,18H,2-3,5-6,8-10,12H2,1H3,(H,21,22)/t14-,18-/m0/s1. The second kappa shape index (κ2) is 5.84. The van der Waals surface area contributed by atoms with Crippen LogP contribution in [0.15, 0.2) is 18.2 Å². The fourth-order valence-electron chi connectivity index (χ4n) is 4.62. The summed E-state index contributed by atoms with van der Waals surface area (Å²) in [5.74, 6) is 1.88. The van der Waals surface area contributed by atoms with Crippen LogP contribution < -0.4 is 0 Å². The van der Waals surface area contributed by atoms with Crippen molar-refractivity contribution in [1.82, 2.24) is 19.8 Å². The first-order valence-corrected chi connectivity index (χ1v) is 9.70. The Morgan fingerprint density at radius 2 is 2.04 bits per heavy atom. The fraction of sp³-hybridized carbons (Fsp3) is 0.600. The monoisotopic (exact) mass is 338 g/mol. The highest BCUT2D eigenvalue weighted by Gasteiger charge is 2.43. The molecule has 0 spiro atoms. The van der Waals surface area contributed by atoms with Gasteiger partial charge in [0.25, 0.3) is 0 Å². The topological polar surface area (TPSA) is 52.2 Å². The molecule has 3 fully saturated rings. The number of H-pyrrole nitrogens is 1. The summed E-state index contributed by atoms with van der Waals surface area (Å²) in [7, 11) is 0. The van der Waals surface area contributed by atoms with Gasteiger partial charge in [0.2, 0.25) is 5.91 Å². The van der Waals surface area contributed by atoms with E-state index in [9.17, 15) is 4.79 Å². The minimum atomic E-state index is 0.107. The van der Waals surface area contributed by atoms with E-state index in [1.165, 1.54) is 18.4 Å². The molecule has 25 heavy (non-hydrogen) atoms. The summed E-state index contributed by atoms with van der Waals surface area (Å²) in [5.41, 5.74) is 3.43. The Morgan fingerprint density at radius 3 is 2.88 bits per heavy atom. The summed E-state index contributed by atoms with van der Waals surface area (Å²) in [5, 5.41) is 0. The van der Waals surface area contributed by atoms with Gasteiger partial charge in [0.15, 0.2) is 0 Å². The number of amides is 1. The van der Waals surface area contributed by atoms with Gasteiger partial charge in [-0.15, -0.1) is 0 Å². The molecule has 0 unspecified atom stereocenters. The lowest BCUT2D eigenvalue weighted by atomic mass is 9.95. The van der Waals surface area contributed by atoms with Crippen molar-refractivity contribution in [3.8, 4) is 0 Å². The molecule has 3 aliphatic rings. The van der Waals surface area contributed by atoms with Crippen molar-refractivity contribution >= 4 is 16.9 Å². The lowest BCUT2D eigenvalue weighted by Crippen LogP contribution is -2.46. The minimum Gasteiger partial charge on any atom is -0.342 e. The summed E-state index contributed by atoms with van der Waals surface area (Å²) in [6.45, 7) is 5.07. The first-order valence-electron chi connectivity index (χ1n) is 9.70. The van der Waals surface area contributed by atoms with E-state index in [0.29, 0.717) is 17.9 Å². The van der Waals surface area contributed by atoms with Crippen LogP contribution in [-0.4, -0.2) is 57.4 Å². The third kappa shape index (κ3) is 2.74. The zero-order valence-electron chi connectivity index (χ0n) is 14.9. The van der Waals surface area contributed by atoms with E-state index in [1.54, 1.807) is 0 Å². The van der Waals surface area contributed by atoms with Gasteiger partial charge in [-0.1, -0.05) is 6.07 Å². The highest BCUT2D eigenvalue weighted by Crippen LogP contribution is 2.34. The van der Waals surface area contributed by atoms with Crippen molar-refractivity contribution in [1.29, 1.82) is 0 Å². The molecule has 2 aromatic rings. The molecule has 5 rings (SSSR count). The minimum absolute atomic E-state index is 0.107. The van der Waals surface area contributed by atoms with Crippen LogP contribution in [0.3, 0.4) is 0 Å². The Morgan fingerprint density at radius 1 is 1.16 bits per heavy atom. The number of nitrogens with one attached hydrogen (secondary N) is 1. The van der Waals surface area contributed by atoms with Gasteiger partial charge < -0.3 is 9.88 Å². The van der Waals surface area contributed by atoms with Gasteiger partial charge in [-0.05, 0) is 63.3 Å². The summed E-state index contributed by atoms with van der Waals surface area (Å²) in [6, 6.07) is 7.04. The van der Waals surface area contributed by atoms with Gasteiger partial charge in [-0.2, -0.15) is 0 Å². The Hall–Kier alpha value is -1.88. The number of hydrogen-bond donors (Lipinski definition) is 1. The molecular formula is C20H26N4O. The van der Waals surface area contributed by atoms with Crippen molar-refractivity contribution in [2.24, 2.45) is 0 Å². The molecule has 1 saturated carbocycles. The predicted molar refractivity (Wildman–Crippen MR) is 97.5 cm³/mol. The lowest BCUT2D eigenvalue weighted by molar-refractivity contribution is -0.133. The van der Waals surface area contributed by atoms with E-state index in [-0.39, 0.29) is 6.04 Å². The van der Waals surface area contributed by atoms with Crippen LogP contribution in [0, 0.1) is 6.92 Å². The van der Waals surface area contributed by atoms with Gasteiger partial charge in [0.1, 0.15) is 5.82 Å². The third-order valence-electron chi connectivity index (χ3n) is 6.14. The van der Waals surface area contributed by atoms with Gasteiger partial charge in [-0.25, -0.2) is 4.98 Å². The second-order valence-corrected chi connectivity index (χ2v) is 8.04. The molecule has 1 aromatic heterocycles. The highest BCUT2D eigenvalue weighted by molar-refractivity contribution is 5.84. The molecule has 1 aliphatic carbocycles. The Labute approximate surface area is 148 Å². The number of carbonyl (C=O) groups is 1. The Bertz CT molecular complexity index is 809. The number of carbonyl (C=O) groups excluding carboxylic acids is 1. The van der Waals surface area contributed by atoms with E-state index >= 15 is 0 Å². The van der Waals surface area contributed by atoms with Crippen LogP contribution in [-0.2, 0) is 4.79 Å². The number of aromatic amines is 1. The second-order valence-electron chi connectivity index (χ2n) is 8.04. The van der Waals surface area contributed by atoms with Gasteiger partial charge in [0.05, 0.1) is 17.1 Å². The zero-order chi connectivity index (χ0) is 17.0. The van der Waals surface area contributed by atoms with Gasteiger partial charge in [-0.3, -0.25) is 9.69 Å². The number of likely N-dealkylation sites (tertiary alicyclic amines) is 2. The van der Waals surface area contributed by atoms with Crippen molar-refractivity contribution in [2.75, 3.05) is 19.6 Å². The molecule has 2 atom stereocenters. The van der Waals surface area contributed by atoms with E-state index in [2.05, 4.69) is 39.9 Å². The summed E-state index contributed by atoms with van der Waals surface area (Å²) in [6.07, 6.45) is 5.72. The number of nitrogens with zero attached hydrogens (tertiary/aromatic N) is 3. The van der Waals surface area contributed by atoms with Crippen LogP contribution in [0.25, 0.3) is 11.0 Å². The molecule has 2 aliphatic heterocycles. The number of fused-ring (bicyclic) bond motifs is 1. The third-order valence-corrected chi connectivity index (χ3v) is 6.14. The molecule has 1 amide bonds. The maximum Gasteiger partial charge on any atom is 0.240 e. The molecule has 2 saturated heterocycles. The Kier molecular flexibility index (Phi) is 3.59. The normalized spacial score (nSPS) is 28.2. The smallest absolute Gasteiger partial charge is 0.240 e. The first kappa shape index (κ1) is 15.4. The molecule has 5 nitrogen and oxygen atoms in total. The molecule has 132 valence electrons. The first-order chi connectivity index (χ1) is 12.2. The average Bonchev–Trinajstić information content (AvgIpc) is 3.25. The lowest BCUT2D eigenvalue weighted by Gasteiger charge is -2.35. The Balaban J connectivity index is 1.34. The average molecular weight is 338 g/mol. The van der Waals surface area contributed by atoms with Crippen LogP contribution in [0.2, 0.25) is 0 Å². The van der Waals surface area contributed by atoms with Crippen LogP contribution >= 0.6 is 0 Å². The van der Waals surface area contributed by atoms with Gasteiger partial charge in [0, 0.05) is 25.0 Å². The number of benzene rings is 1.